The molecule has 0 aromatic carbocycles. The predicted molar refractivity (Wildman–Crippen MR) is 117 cm³/mol. The lowest BCUT2D eigenvalue weighted by atomic mass is 10.1. The SMILES string of the molecule is CC.CC.CC.CC1CCCC1.CC1CCCCO1.CC1COCCO1. The second kappa shape index (κ2) is 27.1. The predicted octanol–water partition coefficient (Wildman–Crippen LogP) is 7.27. The fraction of sp³-hybridized carbons (Fsp3) is 1.00. The van der Waals surface area contributed by atoms with Crippen molar-refractivity contribution in [2.24, 2.45) is 5.92 Å². The second-order valence-electron chi connectivity index (χ2n) is 6.32. The highest BCUT2D eigenvalue weighted by molar-refractivity contribution is 4.60. The van der Waals surface area contributed by atoms with Gasteiger partial charge >= 0.3 is 0 Å². The number of hydrogen-bond acceptors (Lipinski definition) is 3. The molecule has 3 fully saturated rings. The van der Waals surface area contributed by atoms with Gasteiger partial charge in [0, 0.05) is 6.61 Å². The molecule has 0 bridgehead atoms. The van der Waals surface area contributed by atoms with Crippen LogP contribution < -0.4 is 0 Å². The van der Waals surface area contributed by atoms with Crippen molar-refractivity contribution in [2.75, 3.05) is 26.4 Å². The van der Waals surface area contributed by atoms with E-state index < -0.39 is 0 Å². The van der Waals surface area contributed by atoms with Gasteiger partial charge in [-0.1, -0.05) is 74.1 Å². The number of ether oxygens (including phenoxy) is 3. The van der Waals surface area contributed by atoms with Gasteiger partial charge in [-0.05, 0) is 39.0 Å². The maximum atomic E-state index is 5.28. The maximum absolute atomic E-state index is 5.28. The first-order valence-electron chi connectivity index (χ1n) is 11.5. The molecule has 2 unspecified atom stereocenters. The van der Waals surface area contributed by atoms with E-state index in [0.29, 0.717) is 12.2 Å². The van der Waals surface area contributed by atoms with E-state index in [1.807, 2.05) is 48.5 Å². The van der Waals surface area contributed by atoms with Crippen molar-refractivity contribution < 1.29 is 14.2 Å². The van der Waals surface area contributed by atoms with Crippen LogP contribution in [0.3, 0.4) is 0 Å². The van der Waals surface area contributed by atoms with Crippen molar-refractivity contribution in [3.63, 3.8) is 0 Å². The van der Waals surface area contributed by atoms with Gasteiger partial charge in [0.2, 0.25) is 0 Å². The van der Waals surface area contributed by atoms with Crippen LogP contribution in [0.1, 0.15) is 107 Å². The topological polar surface area (TPSA) is 27.7 Å². The molecule has 0 aromatic rings. The molecule has 1 saturated carbocycles. The largest absolute Gasteiger partial charge is 0.379 e. The summed E-state index contributed by atoms with van der Waals surface area (Å²) >= 11 is 0. The molecule has 3 aliphatic rings. The van der Waals surface area contributed by atoms with Gasteiger partial charge in [-0.15, -0.1) is 0 Å². The third-order valence-electron chi connectivity index (χ3n) is 4.03. The molecule has 1 aliphatic carbocycles. The van der Waals surface area contributed by atoms with E-state index in [9.17, 15) is 0 Å². The minimum Gasteiger partial charge on any atom is -0.379 e. The van der Waals surface area contributed by atoms with Crippen LogP contribution in [0.25, 0.3) is 0 Å². The average Bonchev–Trinajstić information content (AvgIpc) is 3.20. The van der Waals surface area contributed by atoms with E-state index >= 15 is 0 Å². The van der Waals surface area contributed by atoms with Crippen LogP contribution in [0.2, 0.25) is 0 Å². The Morgan fingerprint density at radius 2 is 1.04 bits per heavy atom. The smallest absolute Gasteiger partial charge is 0.0781 e. The Morgan fingerprint density at radius 1 is 0.538 bits per heavy atom. The minimum absolute atomic E-state index is 0.314. The highest BCUT2D eigenvalue weighted by Crippen LogP contribution is 2.22. The molecular formula is C23H52O3. The molecule has 2 heterocycles. The summed E-state index contributed by atoms with van der Waals surface area (Å²) in [7, 11) is 0. The highest BCUT2D eigenvalue weighted by atomic mass is 16.6. The molecule has 0 N–H and O–H groups in total. The molecule has 0 radical (unpaired) electrons. The average molecular weight is 377 g/mol. The summed E-state index contributed by atoms with van der Waals surface area (Å²) in [5, 5.41) is 0. The molecule has 0 spiro atoms. The molecule has 2 aliphatic heterocycles. The van der Waals surface area contributed by atoms with Crippen LogP contribution in [0.15, 0.2) is 0 Å². The Balaban J connectivity index is -0.000000267. The Labute approximate surface area is 166 Å². The van der Waals surface area contributed by atoms with E-state index in [-0.39, 0.29) is 0 Å². The summed E-state index contributed by atoms with van der Waals surface area (Å²) in [6.07, 6.45) is 10.7. The van der Waals surface area contributed by atoms with E-state index in [4.69, 9.17) is 14.2 Å². The van der Waals surface area contributed by atoms with Crippen LogP contribution in [0.5, 0.6) is 0 Å². The van der Waals surface area contributed by atoms with Crippen LogP contribution in [-0.4, -0.2) is 38.6 Å². The first-order valence-corrected chi connectivity index (χ1v) is 11.5. The molecule has 3 heteroatoms. The van der Waals surface area contributed by atoms with Gasteiger partial charge in [-0.2, -0.15) is 0 Å². The monoisotopic (exact) mass is 376 g/mol. The third kappa shape index (κ3) is 23.9. The van der Waals surface area contributed by atoms with Gasteiger partial charge in [0.25, 0.3) is 0 Å². The Hall–Kier alpha value is -0.120. The van der Waals surface area contributed by atoms with Gasteiger partial charge < -0.3 is 14.2 Å². The summed E-state index contributed by atoms with van der Waals surface area (Å²) in [4.78, 5) is 0. The number of hydrogen-bond donors (Lipinski definition) is 0. The standard InChI is InChI=1S/C6H12O.C6H12.C5H10O2.3C2H6/c1-6-4-2-3-5-7-6;1-6-4-2-3-5-6;1-5-4-6-2-3-7-5;3*1-2/h6H,2-5H2,1H3;6H,2-5H2,1H3;5H,2-4H2,1H3;3*1-2H3. The van der Waals surface area contributed by atoms with Gasteiger partial charge in [0.15, 0.2) is 0 Å². The van der Waals surface area contributed by atoms with Crippen molar-refractivity contribution >= 4 is 0 Å². The van der Waals surface area contributed by atoms with Crippen molar-refractivity contribution in [3.8, 4) is 0 Å². The lowest BCUT2D eigenvalue weighted by Crippen LogP contribution is -2.25. The first kappa shape index (κ1) is 30.6. The summed E-state index contributed by atoms with van der Waals surface area (Å²) in [6.45, 7) is 21.8. The number of rotatable bonds is 0. The molecule has 3 nitrogen and oxygen atoms in total. The van der Waals surface area contributed by atoms with Gasteiger partial charge in [0.05, 0.1) is 32.0 Å². The fourth-order valence-corrected chi connectivity index (χ4v) is 2.64. The summed E-state index contributed by atoms with van der Waals surface area (Å²) < 4.78 is 15.5. The molecule has 26 heavy (non-hydrogen) atoms. The molecule has 162 valence electrons. The van der Waals surface area contributed by atoms with Crippen LogP contribution in [0.4, 0.5) is 0 Å². The highest BCUT2D eigenvalue weighted by Gasteiger charge is 2.07. The Morgan fingerprint density at radius 3 is 1.23 bits per heavy atom. The summed E-state index contributed by atoms with van der Waals surface area (Å²) in [5.74, 6) is 1.05. The normalized spacial score (nSPS) is 24.3. The van der Waals surface area contributed by atoms with E-state index in [1.54, 1.807) is 0 Å². The van der Waals surface area contributed by atoms with Gasteiger partial charge in [-0.25, -0.2) is 0 Å². The van der Waals surface area contributed by atoms with Crippen molar-refractivity contribution in [1.82, 2.24) is 0 Å². The lowest BCUT2D eigenvalue weighted by molar-refractivity contribution is -0.0797. The van der Waals surface area contributed by atoms with Crippen LogP contribution in [-0.2, 0) is 14.2 Å². The first-order chi connectivity index (χ1) is 12.7. The third-order valence-corrected chi connectivity index (χ3v) is 4.03. The van der Waals surface area contributed by atoms with Crippen molar-refractivity contribution in [1.29, 1.82) is 0 Å². The van der Waals surface area contributed by atoms with E-state index in [0.717, 1.165) is 32.3 Å². The zero-order chi connectivity index (χ0) is 20.6. The van der Waals surface area contributed by atoms with E-state index in [2.05, 4.69) is 13.8 Å². The van der Waals surface area contributed by atoms with Crippen molar-refractivity contribution in [3.05, 3.63) is 0 Å². The second-order valence-corrected chi connectivity index (χ2v) is 6.32. The molecule has 2 atom stereocenters. The molecule has 2 saturated heterocycles. The van der Waals surface area contributed by atoms with Crippen molar-refractivity contribution in [2.45, 2.75) is 119 Å². The zero-order valence-electron chi connectivity index (χ0n) is 19.7. The molecule has 0 amide bonds. The molecule has 0 aromatic heterocycles. The Kier molecular flexibility index (Phi) is 31.9. The molecule has 3 rings (SSSR count). The zero-order valence-corrected chi connectivity index (χ0v) is 19.7. The van der Waals surface area contributed by atoms with Crippen LogP contribution >= 0.6 is 0 Å². The fourth-order valence-electron chi connectivity index (χ4n) is 2.64. The summed E-state index contributed by atoms with van der Waals surface area (Å²) in [5.41, 5.74) is 0. The molecular weight excluding hydrogens is 324 g/mol. The maximum Gasteiger partial charge on any atom is 0.0781 e. The Bertz CT molecular complexity index is 187. The van der Waals surface area contributed by atoms with Gasteiger partial charge in [0.1, 0.15) is 0 Å². The van der Waals surface area contributed by atoms with Crippen LogP contribution in [0, 0.1) is 5.92 Å². The lowest BCUT2D eigenvalue weighted by Gasteiger charge is -2.18. The summed E-state index contributed by atoms with van der Waals surface area (Å²) in [6, 6.07) is 0. The van der Waals surface area contributed by atoms with Gasteiger partial charge in [-0.3, -0.25) is 0 Å². The van der Waals surface area contributed by atoms with E-state index in [1.165, 1.54) is 44.9 Å². The quantitative estimate of drug-likeness (QED) is 0.445. The minimum atomic E-state index is 0.314.